The van der Waals surface area contributed by atoms with Crippen molar-refractivity contribution in [3.05, 3.63) is 10.3 Å². The fraction of sp³-hybridized carbons (Fsp3) is 0.833. The summed E-state index contributed by atoms with van der Waals surface area (Å²) in [4.78, 5) is 2.49. The van der Waals surface area contributed by atoms with Crippen LogP contribution in [0.2, 0.25) is 0 Å². The first kappa shape index (κ1) is 12.6. The topological polar surface area (TPSA) is 54.2 Å². The van der Waals surface area contributed by atoms with E-state index in [9.17, 15) is 5.11 Å². The molecule has 0 spiro atoms. The maximum absolute atomic E-state index is 10.6. The second-order valence-corrected chi connectivity index (χ2v) is 6.37. The van der Waals surface area contributed by atoms with E-state index in [4.69, 9.17) is 0 Å². The highest BCUT2D eigenvalue weighted by atomic mass is 79.9. The van der Waals surface area contributed by atoms with Gasteiger partial charge in [-0.15, -0.1) is 5.10 Å². The molecule has 2 fully saturated rings. The summed E-state index contributed by atoms with van der Waals surface area (Å²) in [5.74, 6) is 0.326. The van der Waals surface area contributed by atoms with Gasteiger partial charge in [0, 0.05) is 19.1 Å². The molecule has 2 aliphatic heterocycles. The SMILES string of the molecule is CN1C2CCC1CC(C(O)c1c(Br)nnn1C)C2. The Morgan fingerprint density at radius 2 is 1.89 bits per heavy atom. The van der Waals surface area contributed by atoms with Crippen molar-refractivity contribution >= 4 is 15.9 Å². The van der Waals surface area contributed by atoms with E-state index in [2.05, 4.69) is 38.2 Å². The Bertz CT molecular complexity index is 416. The summed E-state index contributed by atoms with van der Waals surface area (Å²) in [6.07, 6.45) is 4.23. The molecule has 18 heavy (non-hydrogen) atoms. The van der Waals surface area contributed by atoms with Gasteiger partial charge < -0.3 is 10.0 Å². The van der Waals surface area contributed by atoms with Crippen LogP contribution in [0, 0.1) is 5.92 Å². The third kappa shape index (κ3) is 1.90. The lowest BCUT2D eigenvalue weighted by Crippen LogP contribution is -2.41. The zero-order valence-corrected chi connectivity index (χ0v) is 12.3. The van der Waals surface area contributed by atoms with Crippen LogP contribution in [-0.2, 0) is 7.05 Å². The molecular weight excluding hydrogens is 296 g/mol. The summed E-state index contributed by atoms with van der Waals surface area (Å²) >= 11 is 3.38. The zero-order chi connectivity index (χ0) is 12.9. The second kappa shape index (κ2) is 4.58. The average Bonchev–Trinajstić information content (AvgIpc) is 2.76. The summed E-state index contributed by atoms with van der Waals surface area (Å²) in [5, 5.41) is 18.5. The molecule has 1 aromatic rings. The molecule has 0 aromatic carbocycles. The van der Waals surface area contributed by atoms with Gasteiger partial charge in [0.15, 0.2) is 4.60 Å². The average molecular weight is 315 g/mol. The van der Waals surface area contributed by atoms with Crippen molar-refractivity contribution in [3.8, 4) is 0 Å². The zero-order valence-electron chi connectivity index (χ0n) is 10.8. The normalized spacial score (nSPS) is 33.9. The standard InChI is InChI=1S/C12H19BrN4O/c1-16-8-3-4-9(16)6-7(5-8)11(18)10-12(13)14-15-17(10)2/h7-9,11,18H,3-6H2,1-2H3. The maximum atomic E-state index is 10.6. The number of halogens is 1. The Hall–Kier alpha value is -0.460. The molecule has 2 bridgehead atoms. The van der Waals surface area contributed by atoms with E-state index in [0.717, 1.165) is 18.5 Å². The number of aromatic nitrogens is 3. The Morgan fingerprint density at radius 1 is 1.28 bits per heavy atom. The van der Waals surface area contributed by atoms with Crippen LogP contribution in [-0.4, -0.2) is 44.1 Å². The highest BCUT2D eigenvalue weighted by Gasteiger charge is 2.42. The van der Waals surface area contributed by atoms with E-state index < -0.39 is 6.10 Å². The van der Waals surface area contributed by atoms with Crippen molar-refractivity contribution in [2.24, 2.45) is 13.0 Å². The summed E-state index contributed by atoms with van der Waals surface area (Å²) in [6, 6.07) is 1.28. The number of hydrogen-bond acceptors (Lipinski definition) is 4. The summed E-state index contributed by atoms with van der Waals surface area (Å²) in [7, 11) is 4.05. The minimum Gasteiger partial charge on any atom is -0.386 e. The minimum absolute atomic E-state index is 0.326. The van der Waals surface area contributed by atoms with Gasteiger partial charge in [0.25, 0.3) is 0 Å². The first-order chi connectivity index (χ1) is 8.58. The largest absolute Gasteiger partial charge is 0.386 e. The van der Waals surface area contributed by atoms with E-state index in [-0.39, 0.29) is 0 Å². The fourth-order valence-corrected chi connectivity index (χ4v) is 4.15. The number of rotatable bonds is 2. The number of hydrogen-bond donors (Lipinski definition) is 1. The van der Waals surface area contributed by atoms with Crippen molar-refractivity contribution in [1.82, 2.24) is 19.9 Å². The van der Waals surface area contributed by atoms with Gasteiger partial charge in [-0.2, -0.15) is 0 Å². The third-order valence-corrected chi connectivity index (χ3v) is 5.25. The number of fused-ring (bicyclic) bond motifs is 2. The number of aliphatic hydroxyl groups excluding tert-OH is 1. The number of aliphatic hydroxyl groups is 1. The van der Waals surface area contributed by atoms with Gasteiger partial charge in [0.2, 0.25) is 0 Å². The quantitative estimate of drug-likeness (QED) is 0.898. The van der Waals surface area contributed by atoms with Gasteiger partial charge >= 0.3 is 0 Å². The number of piperidine rings is 1. The van der Waals surface area contributed by atoms with E-state index in [0.29, 0.717) is 22.6 Å². The van der Waals surface area contributed by atoms with Gasteiger partial charge in [-0.3, -0.25) is 0 Å². The van der Waals surface area contributed by atoms with E-state index >= 15 is 0 Å². The molecule has 2 aliphatic rings. The fourth-order valence-electron chi connectivity index (χ4n) is 3.59. The molecule has 100 valence electrons. The first-order valence-electron chi connectivity index (χ1n) is 6.53. The van der Waals surface area contributed by atoms with E-state index in [1.165, 1.54) is 12.8 Å². The van der Waals surface area contributed by atoms with E-state index in [1.54, 1.807) is 4.68 Å². The lowest BCUT2D eigenvalue weighted by atomic mass is 9.85. The van der Waals surface area contributed by atoms with Crippen LogP contribution in [0.3, 0.4) is 0 Å². The van der Waals surface area contributed by atoms with Crippen LogP contribution in [0.1, 0.15) is 37.5 Å². The smallest absolute Gasteiger partial charge is 0.154 e. The van der Waals surface area contributed by atoms with E-state index in [1.807, 2.05) is 7.05 Å². The van der Waals surface area contributed by atoms with Crippen LogP contribution in [0.25, 0.3) is 0 Å². The monoisotopic (exact) mass is 314 g/mol. The molecule has 1 aromatic heterocycles. The van der Waals surface area contributed by atoms with Crippen molar-refractivity contribution in [2.45, 2.75) is 43.9 Å². The van der Waals surface area contributed by atoms with Crippen molar-refractivity contribution in [1.29, 1.82) is 0 Å². The molecule has 2 saturated heterocycles. The van der Waals surface area contributed by atoms with Crippen LogP contribution < -0.4 is 0 Å². The van der Waals surface area contributed by atoms with Crippen LogP contribution in [0.5, 0.6) is 0 Å². The molecular formula is C12H19BrN4O. The predicted octanol–water partition coefficient (Wildman–Crippen LogP) is 1.48. The summed E-state index contributed by atoms with van der Waals surface area (Å²) in [6.45, 7) is 0. The molecule has 6 heteroatoms. The van der Waals surface area contributed by atoms with Crippen LogP contribution in [0.15, 0.2) is 4.60 Å². The van der Waals surface area contributed by atoms with Crippen molar-refractivity contribution in [2.75, 3.05) is 7.05 Å². The molecule has 3 rings (SSSR count). The van der Waals surface area contributed by atoms with Crippen LogP contribution in [0.4, 0.5) is 0 Å². The highest BCUT2D eigenvalue weighted by molar-refractivity contribution is 9.10. The van der Waals surface area contributed by atoms with Gasteiger partial charge in [0.1, 0.15) is 11.8 Å². The maximum Gasteiger partial charge on any atom is 0.154 e. The molecule has 0 radical (unpaired) electrons. The van der Waals surface area contributed by atoms with Gasteiger partial charge in [-0.05, 0) is 54.6 Å². The summed E-state index contributed by atoms with van der Waals surface area (Å²) < 4.78 is 2.35. The second-order valence-electron chi connectivity index (χ2n) is 5.62. The molecule has 1 N–H and O–H groups in total. The molecule has 3 atom stereocenters. The van der Waals surface area contributed by atoms with Crippen molar-refractivity contribution < 1.29 is 5.11 Å². The lowest BCUT2D eigenvalue weighted by molar-refractivity contribution is 0.0308. The first-order valence-corrected chi connectivity index (χ1v) is 7.32. The minimum atomic E-state index is -0.462. The predicted molar refractivity (Wildman–Crippen MR) is 71.0 cm³/mol. The molecule has 0 amide bonds. The lowest BCUT2D eigenvalue weighted by Gasteiger charge is -2.38. The van der Waals surface area contributed by atoms with Crippen LogP contribution >= 0.6 is 15.9 Å². The Morgan fingerprint density at radius 3 is 2.39 bits per heavy atom. The molecule has 3 heterocycles. The van der Waals surface area contributed by atoms with Crippen molar-refractivity contribution in [3.63, 3.8) is 0 Å². The highest BCUT2D eigenvalue weighted by Crippen LogP contribution is 2.43. The molecule has 0 saturated carbocycles. The number of nitrogens with zero attached hydrogens (tertiary/aromatic N) is 4. The third-order valence-electron chi connectivity index (χ3n) is 4.69. The van der Waals surface area contributed by atoms with Gasteiger partial charge in [-0.1, -0.05) is 5.21 Å². The number of aryl methyl sites for hydroxylation is 1. The molecule has 0 aliphatic carbocycles. The summed E-state index contributed by atoms with van der Waals surface area (Å²) in [5.41, 5.74) is 0.809. The van der Waals surface area contributed by atoms with Gasteiger partial charge in [0.05, 0.1) is 0 Å². The molecule has 3 unspecified atom stereocenters. The van der Waals surface area contributed by atoms with Gasteiger partial charge in [-0.25, -0.2) is 4.68 Å². The Balaban J connectivity index is 1.80. The molecule has 5 nitrogen and oxygen atoms in total. The Kier molecular flexibility index (Phi) is 3.20. The Labute approximate surface area is 115 Å².